The third-order valence-electron chi connectivity index (χ3n) is 2.55. The highest BCUT2D eigenvalue weighted by atomic mass is 35.5. The summed E-state index contributed by atoms with van der Waals surface area (Å²) in [5.74, 6) is 0.166. The fraction of sp³-hybridized carbons (Fsp3) is 0.0714. The highest BCUT2D eigenvalue weighted by Gasteiger charge is 2.33. The molecule has 0 aliphatic carbocycles. The molecule has 0 atom stereocenters. The van der Waals surface area contributed by atoms with Gasteiger partial charge in [-0.05, 0) is 30.3 Å². The van der Waals surface area contributed by atoms with Gasteiger partial charge in [0.05, 0.1) is 10.0 Å². The molecule has 0 bridgehead atoms. The Morgan fingerprint density at radius 3 is 1.96 bits per heavy atom. The Morgan fingerprint density at radius 1 is 0.875 bits per heavy atom. The van der Waals surface area contributed by atoms with Crippen molar-refractivity contribution in [2.45, 2.75) is 6.18 Å². The molecule has 126 valence electrons. The molecule has 3 heterocycles. The zero-order valence-electron chi connectivity index (χ0n) is 11.7. The van der Waals surface area contributed by atoms with Gasteiger partial charge in [0.2, 0.25) is 0 Å². The van der Waals surface area contributed by atoms with E-state index in [4.69, 9.17) is 34.8 Å². The molecule has 0 aromatic carbocycles. The van der Waals surface area contributed by atoms with Crippen molar-refractivity contribution in [2.24, 2.45) is 0 Å². The number of rotatable bonds is 1. The van der Waals surface area contributed by atoms with Crippen molar-refractivity contribution in [3.8, 4) is 5.82 Å². The van der Waals surface area contributed by atoms with E-state index in [0.717, 1.165) is 16.9 Å². The van der Waals surface area contributed by atoms with Gasteiger partial charge in [0.25, 0.3) is 0 Å². The van der Waals surface area contributed by atoms with Crippen LogP contribution in [0.4, 0.5) is 13.2 Å². The Balaban J connectivity index is 0.000000219. The SMILES string of the molecule is Clc1cccnc1Cl.FC(F)(F)c1ccn(-c2ncccc2Cl)n1. The second-order valence-electron chi connectivity index (χ2n) is 4.23. The fourth-order valence-corrected chi connectivity index (χ4v) is 1.95. The lowest BCUT2D eigenvalue weighted by molar-refractivity contribution is -0.141. The van der Waals surface area contributed by atoms with Crippen LogP contribution < -0.4 is 0 Å². The number of hydrogen-bond donors (Lipinski definition) is 0. The lowest BCUT2D eigenvalue weighted by Gasteiger charge is -2.03. The van der Waals surface area contributed by atoms with Gasteiger partial charge in [0.1, 0.15) is 5.15 Å². The number of pyridine rings is 2. The summed E-state index contributed by atoms with van der Waals surface area (Å²) < 4.78 is 37.9. The van der Waals surface area contributed by atoms with Crippen molar-refractivity contribution in [3.05, 3.63) is 69.8 Å². The minimum atomic E-state index is -4.47. The Labute approximate surface area is 149 Å². The van der Waals surface area contributed by atoms with Gasteiger partial charge < -0.3 is 0 Å². The van der Waals surface area contributed by atoms with Crippen LogP contribution in [0, 0.1) is 0 Å². The third kappa shape index (κ3) is 4.83. The van der Waals surface area contributed by atoms with E-state index in [1.54, 1.807) is 24.4 Å². The summed E-state index contributed by atoms with van der Waals surface area (Å²) in [5, 5.41) is 4.44. The first kappa shape index (κ1) is 18.5. The summed E-state index contributed by atoms with van der Waals surface area (Å²) in [6, 6.07) is 7.40. The van der Waals surface area contributed by atoms with Crippen molar-refractivity contribution < 1.29 is 13.2 Å². The van der Waals surface area contributed by atoms with Crippen LogP contribution in [0.5, 0.6) is 0 Å². The van der Waals surface area contributed by atoms with Gasteiger partial charge in [0, 0.05) is 18.6 Å². The summed E-state index contributed by atoms with van der Waals surface area (Å²) in [4.78, 5) is 7.56. The van der Waals surface area contributed by atoms with Crippen LogP contribution in [0.2, 0.25) is 15.2 Å². The predicted molar refractivity (Wildman–Crippen MR) is 85.6 cm³/mol. The maximum absolute atomic E-state index is 12.3. The highest BCUT2D eigenvalue weighted by molar-refractivity contribution is 6.41. The molecule has 4 nitrogen and oxygen atoms in total. The van der Waals surface area contributed by atoms with E-state index in [1.165, 1.54) is 12.3 Å². The van der Waals surface area contributed by atoms with Crippen LogP contribution in [-0.4, -0.2) is 19.7 Å². The average Bonchev–Trinajstić information content (AvgIpc) is 3.01. The average molecular weight is 396 g/mol. The van der Waals surface area contributed by atoms with Gasteiger partial charge in [-0.1, -0.05) is 34.8 Å². The lowest BCUT2D eigenvalue weighted by atomic mass is 10.4. The van der Waals surface area contributed by atoms with Crippen molar-refractivity contribution in [1.29, 1.82) is 0 Å². The van der Waals surface area contributed by atoms with Crippen molar-refractivity contribution in [3.63, 3.8) is 0 Å². The zero-order chi connectivity index (χ0) is 17.7. The van der Waals surface area contributed by atoms with Crippen molar-refractivity contribution in [2.75, 3.05) is 0 Å². The van der Waals surface area contributed by atoms with Crippen LogP contribution in [-0.2, 0) is 6.18 Å². The number of alkyl halides is 3. The molecule has 3 rings (SSSR count). The van der Waals surface area contributed by atoms with Gasteiger partial charge in [-0.25, -0.2) is 14.6 Å². The van der Waals surface area contributed by atoms with Crippen LogP contribution in [0.25, 0.3) is 5.82 Å². The minimum Gasteiger partial charge on any atom is -0.243 e. The number of nitrogens with zero attached hydrogens (tertiary/aromatic N) is 4. The second kappa shape index (κ2) is 7.83. The molecule has 24 heavy (non-hydrogen) atoms. The summed E-state index contributed by atoms with van der Waals surface area (Å²) in [7, 11) is 0. The quantitative estimate of drug-likeness (QED) is 0.523. The third-order valence-corrected chi connectivity index (χ3v) is 3.55. The molecule has 0 saturated carbocycles. The van der Waals surface area contributed by atoms with E-state index in [0.29, 0.717) is 10.2 Å². The normalized spacial score (nSPS) is 10.9. The van der Waals surface area contributed by atoms with Crippen molar-refractivity contribution >= 4 is 34.8 Å². The molecule has 0 amide bonds. The maximum Gasteiger partial charge on any atom is 0.435 e. The predicted octanol–water partition coefficient (Wildman–Crippen LogP) is 5.33. The van der Waals surface area contributed by atoms with Gasteiger partial charge >= 0.3 is 6.18 Å². The molecule has 0 fully saturated rings. The van der Waals surface area contributed by atoms with Gasteiger partial charge in [0.15, 0.2) is 11.5 Å². The van der Waals surface area contributed by atoms with Gasteiger partial charge in [-0.3, -0.25) is 0 Å². The molecule has 3 aromatic rings. The Hall–Kier alpha value is -1.83. The molecule has 0 N–H and O–H groups in total. The van der Waals surface area contributed by atoms with Crippen LogP contribution >= 0.6 is 34.8 Å². The number of halogens is 6. The summed E-state index contributed by atoms with van der Waals surface area (Å²) >= 11 is 16.8. The molecule has 0 radical (unpaired) electrons. The molecule has 3 aromatic heterocycles. The van der Waals surface area contributed by atoms with Gasteiger partial charge in [-0.2, -0.15) is 18.3 Å². The van der Waals surface area contributed by atoms with E-state index < -0.39 is 11.9 Å². The molecule has 0 unspecified atom stereocenters. The fourth-order valence-electron chi connectivity index (χ4n) is 1.51. The molecule has 0 spiro atoms. The van der Waals surface area contributed by atoms with E-state index >= 15 is 0 Å². The van der Waals surface area contributed by atoms with Crippen molar-refractivity contribution in [1.82, 2.24) is 19.7 Å². The summed E-state index contributed by atoms with van der Waals surface area (Å²) in [6.45, 7) is 0. The first-order valence-electron chi connectivity index (χ1n) is 6.29. The van der Waals surface area contributed by atoms with Crippen LogP contribution in [0.15, 0.2) is 48.9 Å². The van der Waals surface area contributed by atoms with E-state index in [-0.39, 0.29) is 10.8 Å². The molecular weight excluding hydrogens is 388 g/mol. The molecule has 0 aliphatic rings. The summed E-state index contributed by atoms with van der Waals surface area (Å²) in [5.41, 5.74) is -0.978. The van der Waals surface area contributed by atoms with E-state index in [1.807, 2.05) is 0 Å². The first-order chi connectivity index (χ1) is 11.3. The van der Waals surface area contributed by atoms with E-state index in [9.17, 15) is 13.2 Å². The highest BCUT2D eigenvalue weighted by Crippen LogP contribution is 2.28. The Kier molecular flexibility index (Phi) is 6.04. The molecule has 0 saturated heterocycles. The van der Waals surface area contributed by atoms with Crippen LogP contribution in [0.3, 0.4) is 0 Å². The Bertz CT molecular complexity index is 800. The van der Waals surface area contributed by atoms with Gasteiger partial charge in [-0.15, -0.1) is 0 Å². The molecule has 0 aliphatic heterocycles. The topological polar surface area (TPSA) is 43.6 Å². The molecular formula is C14H8Cl3F3N4. The maximum atomic E-state index is 12.3. The second-order valence-corrected chi connectivity index (χ2v) is 5.40. The summed E-state index contributed by atoms with van der Waals surface area (Å²) in [6.07, 6.45) is -0.284. The Morgan fingerprint density at radius 2 is 1.50 bits per heavy atom. The monoisotopic (exact) mass is 394 g/mol. The number of hydrogen-bond acceptors (Lipinski definition) is 3. The molecule has 10 heteroatoms. The number of aromatic nitrogens is 4. The first-order valence-corrected chi connectivity index (χ1v) is 7.42. The van der Waals surface area contributed by atoms with Crippen LogP contribution in [0.1, 0.15) is 5.69 Å². The zero-order valence-corrected chi connectivity index (χ0v) is 13.9. The standard InChI is InChI=1S/C9H5ClF3N3.C5H3Cl2N/c10-6-2-1-4-14-8(6)16-5-3-7(15-16)9(11,12)13;6-4-2-1-3-8-5(4)7/h1-5H;1-3H. The largest absolute Gasteiger partial charge is 0.435 e. The van der Waals surface area contributed by atoms with E-state index in [2.05, 4.69) is 15.1 Å². The smallest absolute Gasteiger partial charge is 0.243 e. The lowest BCUT2D eigenvalue weighted by Crippen LogP contribution is -2.07. The minimum absolute atomic E-state index is 0.166.